The molecule has 0 amide bonds. The molecule has 0 spiro atoms. The van der Waals surface area contributed by atoms with E-state index in [0.717, 1.165) is 6.20 Å². The molecule has 0 atom stereocenters. The van der Waals surface area contributed by atoms with Gasteiger partial charge in [-0.1, -0.05) is 0 Å². The smallest absolute Gasteiger partial charge is 0.268 e. The van der Waals surface area contributed by atoms with Crippen molar-refractivity contribution >= 4 is 5.69 Å². The van der Waals surface area contributed by atoms with Crippen LogP contribution in [0.3, 0.4) is 0 Å². The van der Waals surface area contributed by atoms with Gasteiger partial charge in [-0.25, -0.2) is 13.8 Å². The molecule has 6 heteroatoms. The second-order valence-electron chi connectivity index (χ2n) is 2.42. The zero-order valence-corrected chi connectivity index (χ0v) is 7.29. The predicted octanol–water partition coefficient (Wildman–Crippen LogP) is 1.48. The molecule has 2 N–H and O–H groups in total. The molecule has 0 aliphatic carbocycles. The summed E-state index contributed by atoms with van der Waals surface area (Å²) in [6.45, 7) is 0. The Morgan fingerprint density at radius 3 is 2.71 bits per heavy atom. The number of anilines is 1. The van der Waals surface area contributed by atoms with Gasteiger partial charge in [0.2, 0.25) is 0 Å². The van der Waals surface area contributed by atoms with E-state index in [2.05, 4.69) is 4.98 Å². The van der Waals surface area contributed by atoms with E-state index < -0.39 is 12.0 Å². The zero-order valence-electron chi connectivity index (χ0n) is 7.29. The van der Waals surface area contributed by atoms with Gasteiger partial charge in [-0.2, -0.15) is 5.26 Å². The van der Waals surface area contributed by atoms with Gasteiger partial charge in [-0.3, -0.25) is 0 Å². The standard InChI is InChI=1S/C8H7F2N3O/c1-14-5-3-13-4(2-11)6(7(5)12)8(9)10/h3,8H,1H3,(H2,12,13). The van der Waals surface area contributed by atoms with Gasteiger partial charge in [-0.05, 0) is 0 Å². The molecule has 1 aromatic heterocycles. The van der Waals surface area contributed by atoms with Crippen molar-refractivity contribution in [1.29, 1.82) is 5.26 Å². The van der Waals surface area contributed by atoms with Crippen LogP contribution < -0.4 is 10.5 Å². The molecule has 0 unspecified atom stereocenters. The Bertz CT molecular complexity index is 387. The molecule has 74 valence electrons. The lowest BCUT2D eigenvalue weighted by atomic mass is 10.1. The lowest BCUT2D eigenvalue weighted by Gasteiger charge is -2.09. The number of alkyl halides is 2. The van der Waals surface area contributed by atoms with E-state index in [-0.39, 0.29) is 17.1 Å². The van der Waals surface area contributed by atoms with Crippen molar-refractivity contribution in [1.82, 2.24) is 4.98 Å². The van der Waals surface area contributed by atoms with E-state index in [1.54, 1.807) is 6.07 Å². The van der Waals surface area contributed by atoms with Crippen LogP contribution in [0.4, 0.5) is 14.5 Å². The number of ether oxygens (including phenoxy) is 1. The van der Waals surface area contributed by atoms with Gasteiger partial charge in [0.05, 0.1) is 24.6 Å². The van der Waals surface area contributed by atoms with Crippen LogP contribution in [0.5, 0.6) is 5.75 Å². The second kappa shape index (κ2) is 3.87. The molecule has 0 aliphatic heterocycles. The Morgan fingerprint density at radius 2 is 2.29 bits per heavy atom. The van der Waals surface area contributed by atoms with Gasteiger partial charge in [0.15, 0.2) is 11.4 Å². The van der Waals surface area contributed by atoms with Gasteiger partial charge in [0.1, 0.15) is 6.07 Å². The van der Waals surface area contributed by atoms with Crippen molar-refractivity contribution in [3.8, 4) is 11.8 Å². The third-order valence-electron chi connectivity index (χ3n) is 1.67. The van der Waals surface area contributed by atoms with E-state index in [4.69, 9.17) is 15.7 Å². The highest BCUT2D eigenvalue weighted by Gasteiger charge is 2.20. The van der Waals surface area contributed by atoms with Gasteiger partial charge < -0.3 is 10.5 Å². The van der Waals surface area contributed by atoms with Crippen LogP contribution in [0.15, 0.2) is 6.20 Å². The first-order valence-electron chi connectivity index (χ1n) is 3.62. The van der Waals surface area contributed by atoms with E-state index in [9.17, 15) is 8.78 Å². The summed E-state index contributed by atoms with van der Waals surface area (Å²) in [4.78, 5) is 3.50. The SMILES string of the molecule is COc1cnc(C#N)c(C(F)F)c1N. The zero-order chi connectivity index (χ0) is 10.7. The molecule has 0 radical (unpaired) electrons. The topological polar surface area (TPSA) is 71.9 Å². The van der Waals surface area contributed by atoms with E-state index in [1.807, 2.05) is 0 Å². The van der Waals surface area contributed by atoms with Gasteiger partial charge in [-0.15, -0.1) is 0 Å². The van der Waals surface area contributed by atoms with E-state index in [0.29, 0.717) is 0 Å². The summed E-state index contributed by atoms with van der Waals surface area (Å²) in [5, 5.41) is 8.51. The van der Waals surface area contributed by atoms with Gasteiger partial charge >= 0.3 is 0 Å². The van der Waals surface area contributed by atoms with Crippen molar-refractivity contribution in [2.75, 3.05) is 12.8 Å². The van der Waals surface area contributed by atoms with Gasteiger partial charge in [0.25, 0.3) is 6.43 Å². The van der Waals surface area contributed by atoms with Crippen molar-refractivity contribution in [2.24, 2.45) is 0 Å². The van der Waals surface area contributed by atoms with Crippen molar-refractivity contribution in [3.05, 3.63) is 17.5 Å². The van der Waals surface area contributed by atoms with Crippen LogP contribution in [0.25, 0.3) is 0 Å². The van der Waals surface area contributed by atoms with Crippen LogP contribution in [-0.2, 0) is 0 Å². The minimum Gasteiger partial charge on any atom is -0.493 e. The molecule has 0 fully saturated rings. The fourth-order valence-electron chi connectivity index (χ4n) is 0.995. The number of methoxy groups -OCH3 is 1. The molecule has 0 saturated carbocycles. The number of nitriles is 1. The van der Waals surface area contributed by atoms with Crippen molar-refractivity contribution < 1.29 is 13.5 Å². The summed E-state index contributed by atoms with van der Waals surface area (Å²) in [6, 6.07) is 1.54. The fraction of sp³-hybridized carbons (Fsp3) is 0.250. The van der Waals surface area contributed by atoms with Crippen molar-refractivity contribution in [3.63, 3.8) is 0 Å². The maximum Gasteiger partial charge on any atom is 0.268 e. The minimum atomic E-state index is -2.84. The molecule has 1 rings (SSSR count). The number of halogens is 2. The average molecular weight is 199 g/mol. The molecule has 0 aromatic carbocycles. The largest absolute Gasteiger partial charge is 0.493 e. The maximum atomic E-state index is 12.5. The average Bonchev–Trinajstić information content (AvgIpc) is 2.16. The first-order chi connectivity index (χ1) is 6.61. The van der Waals surface area contributed by atoms with E-state index >= 15 is 0 Å². The first kappa shape index (κ1) is 10.2. The molecule has 14 heavy (non-hydrogen) atoms. The number of pyridine rings is 1. The lowest BCUT2D eigenvalue weighted by Crippen LogP contribution is -2.03. The lowest BCUT2D eigenvalue weighted by molar-refractivity contribution is 0.151. The number of aromatic nitrogens is 1. The number of nitrogens with two attached hydrogens (primary N) is 1. The van der Waals surface area contributed by atoms with Crippen LogP contribution >= 0.6 is 0 Å². The highest BCUT2D eigenvalue weighted by Crippen LogP contribution is 2.33. The number of hydrogen-bond acceptors (Lipinski definition) is 4. The van der Waals surface area contributed by atoms with Crippen LogP contribution in [0.2, 0.25) is 0 Å². The first-order valence-corrected chi connectivity index (χ1v) is 3.62. The fourth-order valence-corrected chi connectivity index (χ4v) is 0.995. The number of nitrogen functional groups attached to an aromatic ring is 1. The molecular formula is C8H7F2N3O. The van der Waals surface area contributed by atoms with Crippen molar-refractivity contribution in [2.45, 2.75) is 6.43 Å². The Hall–Kier alpha value is -1.90. The van der Waals surface area contributed by atoms with E-state index in [1.165, 1.54) is 7.11 Å². The predicted molar refractivity (Wildman–Crippen MR) is 44.9 cm³/mol. The number of hydrogen-bond donors (Lipinski definition) is 1. The quantitative estimate of drug-likeness (QED) is 0.782. The summed E-state index contributed by atoms with van der Waals surface area (Å²) >= 11 is 0. The Balaban J connectivity index is 3.41. The molecular weight excluding hydrogens is 192 g/mol. The number of nitrogens with zero attached hydrogens (tertiary/aromatic N) is 2. The third-order valence-corrected chi connectivity index (χ3v) is 1.67. The Morgan fingerprint density at radius 1 is 1.64 bits per heavy atom. The molecule has 1 aromatic rings. The third kappa shape index (κ3) is 1.57. The van der Waals surface area contributed by atoms with Gasteiger partial charge in [0, 0.05) is 0 Å². The maximum absolute atomic E-state index is 12.5. The summed E-state index contributed by atoms with van der Waals surface area (Å²) in [5.74, 6) is 0.0410. The number of rotatable bonds is 2. The summed E-state index contributed by atoms with van der Waals surface area (Å²) in [7, 11) is 1.29. The molecule has 0 saturated heterocycles. The molecule has 0 bridgehead atoms. The summed E-state index contributed by atoms with van der Waals surface area (Å²) in [5.41, 5.74) is 4.18. The molecule has 1 heterocycles. The monoisotopic (exact) mass is 199 g/mol. The molecule has 4 nitrogen and oxygen atoms in total. The summed E-state index contributed by atoms with van der Waals surface area (Å²) in [6.07, 6.45) is -1.70. The second-order valence-corrected chi connectivity index (χ2v) is 2.42. The highest BCUT2D eigenvalue weighted by molar-refractivity contribution is 5.61. The molecule has 0 aliphatic rings. The van der Waals surface area contributed by atoms with Crippen LogP contribution in [-0.4, -0.2) is 12.1 Å². The van der Waals surface area contributed by atoms with Crippen LogP contribution in [0, 0.1) is 11.3 Å². The normalized spacial score (nSPS) is 9.93. The van der Waals surface area contributed by atoms with Crippen LogP contribution in [0.1, 0.15) is 17.7 Å². The Kier molecular flexibility index (Phi) is 2.82. The minimum absolute atomic E-state index is 0.0410. The highest BCUT2D eigenvalue weighted by atomic mass is 19.3. The summed E-state index contributed by atoms with van der Waals surface area (Å²) < 4.78 is 29.6. The Labute approximate surface area is 78.9 Å².